The van der Waals surface area contributed by atoms with E-state index in [9.17, 15) is 23.1 Å². The van der Waals surface area contributed by atoms with Gasteiger partial charge in [-0.3, -0.25) is 9.69 Å². The zero-order valence-corrected chi connectivity index (χ0v) is 19.9. The summed E-state index contributed by atoms with van der Waals surface area (Å²) in [5.41, 5.74) is 0.0967. The van der Waals surface area contributed by atoms with Crippen LogP contribution in [0.25, 0.3) is 5.57 Å². The van der Waals surface area contributed by atoms with Gasteiger partial charge in [-0.05, 0) is 35.4 Å². The zero-order chi connectivity index (χ0) is 25.9. The number of hydrogen-bond acceptors (Lipinski definition) is 4. The van der Waals surface area contributed by atoms with Crippen molar-refractivity contribution in [3.63, 3.8) is 0 Å². The maximum Gasteiger partial charge on any atom is 0.416 e. The molecule has 1 aliphatic rings. The standard InChI is InChI=1S/C26H22ClF3N4O2/c1-33-15-22(21-11-6-12-23(27)32-21)34(25(33)31-14-17-7-3-2-4-8-17)24(36)20(16-35)18-9-5-10-19(13-18)26(28,29)30/h2-13,16,22,36H,14-15H2,1H3/b24-20-,31-25+. The van der Waals surface area contributed by atoms with Crippen LogP contribution in [0.1, 0.15) is 28.4 Å². The quantitative estimate of drug-likeness (QED) is 0.197. The van der Waals surface area contributed by atoms with E-state index in [1.54, 1.807) is 30.1 Å². The Kier molecular flexibility index (Phi) is 7.30. The number of guanidine groups is 1. The number of carbonyl (C=O) groups is 1. The molecule has 1 unspecified atom stereocenters. The molecule has 2 heterocycles. The van der Waals surface area contributed by atoms with E-state index >= 15 is 0 Å². The fourth-order valence-corrected chi connectivity index (χ4v) is 4.18. The highest BCUT2D eigenvalue weighted by Crippen LogP contribution is 2.35. The van der Waals surface area contributed by atoms with Crippen LogP contribution in [0.4, 0.5) is 13.2 Å². The van der Waals surface area contributed by atoms with Crippen molar-refractivity contribution in [2.75, 3.05) is 13.6 Å². The number of hydrogen-bond donors (Lipinski definition) is 1. The highest BCUT2D eigenvalue weighted by Gasteiger charge is 2.39. The molecule has 0 spiro atoms. The zero-order valence-electron chi connectivity index (χ0n) is 19.2. The summed E-state index contributed by atoms with van der Waals surface area (Å²) in [6, 6.07) is 18.1. The summed E-state index contributed by atoms with van der Waals surface area (Å²) in [4.78, 5) is 24.3. The van der Waals surface area contributed by atoms with Gasteiger partial charge in [0.2, 0.25) is 11.8 Å². The third-order valence-electron chi connectivity index (χ3n) is 5.73. The Labute approximate surface area is 211 Å². The third kappa shape index (κ3) is 5.36. The van der Waals surface area contributed by atoms with Crippen LogP contribution in [-0.4, -0.2) is 45.7 Å². The van der Waals surface area contributed by atoms with Crippen LogP contribution < -0.4 is 0 Å². The first-order valence-corrected chi connectivity index (χ1v) is 11.3. The topological polar surface area (TPSA) is 69.0 Å². The molecule has 186 valence electrons. The molecule has 6 nitrogen and oxygen atoms in total. The summed E-state index contributed by atoms with van der Waals surface area (Å²) in [6.07, 6.45) is -4.27. The Hall–Kier alpha value is -3.85. The summed E-state index contributed by atoms with van der Waals surface area (Å²) in [7, 11) is 1.76. The molecule has 1 saturated heterocycles. The van der Waals surface area contributed by atoms with Gasteiger partial charge in [0, 0.05) is 13.6 Å². The number of nitrogens with zero attached hydrogens (tertiary/aromatic N) is 4. The van der Waals surface area contributed by atoms with Crippen LogP contribution in [0.3, 0.4) is 0 Å². The number of allylic oxidation sites excluding steroid dienone is 1. The minimum atomic E-state index is -4.61. The van der Waals surface area contributed by atoms with Crippen LogP contribution >= 0.6 is 11.6 Å². The Morgan fingerprint density at radius 3 is 2.53 bits per heavy atom. The van der Waals surface area contributed by atoms with Crippen LogP contribution in [0.5, 0.6) is 0 Å². The number of halogens is 4. The summed E-state index contributed by atoms with van der Waals surface area (Å²) < 4.78 is 39.9. The number of aliphatic hydroxyl groups excluding tert-OH is 1. The van der Waals surface area contributed by atoms with Crippen molar-refractivity contribution in [3.8, 4) is 0 Å². The minimum absolute atomic E-state index is 0.0768. The summed E-state index contributed by atoms with van der Waals surface area (Å²) in [5, 5.41) is 11.6. The van der Waals surface area contributed by atoms with Gasteiger partial charge in [0.1, 0.15) is 5.15 Å². The van der Waals surface area contributed by atoms with Crippen LogP contribution in [0.15, 0.2) is 83.7 Å². The molecule has 0 aliphatic carbocycles. The van der Waals surface area contributed by atoms with E-state index in [-0.39, 0.29) is 22.8 Å². The van der Waals surface area contributed by atoms with E-state index in [4.69, 9.17) is 11.6 Å². The van der Waals surface area contributed by atoms with Crippen molar-refractivity contribution in [1.29, 1.82) is 0 Å². The number of benzene rings is 2. The molecule has 1 atom stereocenters. The highest BCUT2D eigenvalue weighted by molar-refractivity contribution is 6.29. The second-order valence-corrected chi connectivity index (χ2v) is 8.57. The molecule has 0 amide bonds. The lowest BCUT2D eigenvalue weighted by molar-refractivity contribution is -0.137. The molecule has 2 aromatic carbocycles. The number of aldehydes is 1. The monoisotopic (exact) mass is 514 g/mol. The molecule has 1 fully saturated rings. The molecule has 10 heteroatoms. The Morgan fingerprint density at radius 1 is 1.14 bits per heavy atom. The number of aliphatic hydroxyl groups is 1. The van der Waals surface area contributed by atoms with Crippen LogP contribution in [0.2, 0.25) is 5.15 Å². The first-order valence-electron chi connectivity index (χ1n) is 11.0. The molecule has 1 N–H and O–H groups in total. The Balaban J connectivity index is 1.84. The Bertz CT molecular complexity index is 1310. The van der Waals surface area contributed by atoms with Crippen molar-refractivity contribution in [2.24, 2.45) is 4.99 Å². The molecule has 1 aromatic heterocycles. The summed E-state index contributed by atoms with van der Waals surface area (Å²) >= 11 is 6.10. The second kappa shape index (κ2) is 10.4. The van der Waals surface area contributed by atoms with Crippen LogP contribution in [-0.2, 0) is 17.5 Å². The highest BCUT2D eigenvalue weighted by atomic mass is 35.5. The predicted octanol–water partition coefficient (Wildman–Crippen LogP) is 5.72. The predicted molar refractivity (Wildman–Crippen MR) is 131 cm³/mol. The fourth-order valence-electron chi connectivity index (χ4n) is 4.01. The number of pyridine rings is 1. The molecule has 0 radical (unpaired) electrons. The minimum Gasteiger partial charge on any atom is -0.494 e. The van der Waals surface area contributed by atoms with Crippen molar-refractivity contribution in [3.05, 3.63) is 106 Å². The van der Waals surface area contributed by atoms with Crippen molar-refractivity contribution in [1.82, 2.24) is 14.8 Å². The molecular formula is C26H22ClF3N4O2. The van der Waals surface area contributed by atoms with E-state index in [0.29, 0.717) is 24.5 Å². The first kappa shape index (κ1) is 25.2. The van der Waals surface area contributed by atoms with Gasteiger partial charge in [-0.25, -0.2) is 9.98 Å². The lowest BCUT2D eigenvalue weighted by atomic mass is 10.0. The van der Waals surface area contributed by atoms with E-state index in [0.717, 1.165) is 17.7 Å². The largest absolute Gasteiger partial charge is 0.494 e. The average molecular weight is 515 g/mol. The maximum atomic E-state index is 13.3. The normalized spacial score (nSPS) is 17.9. The van der Waals surface area contributed by atoms with Crippen molar-refractivity contribution in [2.45, 2.75) is 18.8 Å². The van der Waals surface area contributed by atoms with Gasteiger partial charge in [0.05, 0.1) is 29.4 Å². The second-order valence-electron chi connectivity index (χ2n) is 8.19. The van der Waals surface area contributed by atoms with E-state index in [1.807, 2.05) is 30.3 Å². The van der Waals surface area contributed by atoms with Gasteiger partial charge in [0.15, 0.2) is 6.29 Å². The van der Waals surface area contributed by atoms with Gasteiger partial charge in [-0.1, -0.05) is 60.1 Å². The molecule has 1 aliphatic heterocycles. The number of carbonyl (C=O) groups excluding carboxylic acids is 1. The molecule has 0 saturated carbocycles. The Morgan fingerprint density at radius 2 is 1.86 bits per heavy atom. The lowest BCUT2D eigenvalue weighted by Crippen LogP contribution is -2.33. The molecule has 3 aromatic rings. The molecule has 36 heavy (non-hydrogen) atoms. The number of rotatable bonds is 6. The van der Waals surface area contributed by atoms with Crippen molar-refractivity contribution >= 4 is 29.4 Å². The molecular weight excluding hydrogens is 493 g/mol. The molecule has 0 bridgehead atoms. The number of aliphatic imine (C=N–C) groups is 1. The maximum absolute atomic E-state index is 13.3. The van der Waals surface area contributed by atoms with Gasteiger partial charge in [0.25, 0.3) is 0 Å². The first-order chi connectivity index (χ1) is 17.2. The van der Waals surface area contributed by atoms with Gasteiger partial charge in [-0.15, -0.1) is 0 Å². The lowest BCUT2D eigenvalue weighted by Gasteiger charge is -2.26. The third-order valence-corrected chi connectivity index (χ3v) is 5.94. The van der Waals surface area contributed by atoms with E-state index in [2.05, 4.69) is 9.98 Å². The number of alkyl halides is 3. The summed E-state index contributed by atoms with van der Waals surface area (Å²) in [6.45, 7) is 0.611. The summed E-state index contributed by atoms with van der Waals surface area (Å²) in [5.74, 6) is -0.207. The average Bonchev–Trinajstić information content (AvgIpc) is 3.19. The van der Waals surface area contributed by atoms with Gasteiger partial charge in [-0.2, -0.15) is 13.2 Å². The number of likely N-dealkylation sites (N-methyl/N-ethyl adjacent to an activating group) is 1. The van der Waals surface area contributed by atoms with E-state index in [1.165, 1.54) is 17.0 Å². The van der Waals surface area contributed by atoms with E-state index < -0.39 is 23.7 Å². The van der Waals surface area contributed by atoms with Gasteiger partial charge < -0.3 is 10.0 Å². The smallest absolute Gasteiger partial charge is 0.416 e. The molecule has 4 rings (SSSR count). The SMILES string of the molecule is CN1CC(c2cccc(Cl)n2)N(/C(O)=C(\C=O)c2cccc(C(F)(F)F)c2)/C1=N/Cc1ccccc1. The van der Waals surface area contributed by atoms with Gasteiger partial charge >= 0.3 is 6.18 Å². The number of aromatic nitrogens is 1. The fraction of sp³-hybridized carbons (Fsp3) is 0.192. The van der Waals surface area contributed by atoms with Crippen LogP contribution in [0, 0.1) is 0 Å². The van der Waals surface area contributed by atoms with Crippen molar-refractivity contribution < 1.29 is 23.1 Å².